The predicted molar refractivity (Wildman–Crippen MR) is 126 cm³/mol. The smallest absolute Gasteiger partial charge is 0.196 e. The first-order chi connectivity index (χ1) is 16.6. The van der Waals surface area contributed by atoms with Gasteiger partial charge in [-0.2, -0.15) is 0 Å². The Kier molecular flexibility index (Phi) is 4.57. The first-order valence-electron chi connectivity index (χ1n) is 14.0. The zero-order chi connectivity index (χ0) is 25.9. The van der Waals surface area contributed by atoms with Gasteiger partial charge in [0.05, 0.1) is 11.7 Å². The van der Waals surface area contributed by atoms with Crippen molar-refractivity contribution in [3.8, 4) is 0 Å². The molecule has 4 aliphatic carbocycles. The van der Waals surface area contributed by atoms with E-state index in [0.29, 0.717) is 44.6 Å². The van der Waals surface area contributed by atoms with E-state index in [1.165, 1.54) is 0 Å². The van der Waals surface area contributed by atoms with Crippen molar-refractivity contribution in [1.82, 2.24) is 4.90 Å². The van der Waals surface area contributed by atoms with E-state index < -0.39 is 63.3 Å². The summed E-state index contributed by atoms with van der Waals surface area (Å²) in [6, 6.07) is -0.360. The van der Waals surface area contributed by atoms with Crippen LogP contribution in [0.1, 0.15) is 72.1 Å². The van der Waals surface area contributed by atoms with Crippen LogP contribution in [0.25, 0.3) is 0 Å². The molecule has 7 rings (SSSR count). The summed E-state index contributed by atoms with van der Waals surface area (Å²) in [4.78, 5) is 2.12. The Labute approximate surface area is 212 Å². The molecule has 3 heterocycles. The number of hydrogen-bond acceptors (Lipinski definition) is 9. The molecule has 7 fully saturated rings. The molecule has 0 aromatic heterocycles. The molecule has 4 saturated carbocycles. The Morgan fingerprint density at radius 3 is 2.19 bits per heavy atom. The topological polar surface area (TPSA) is 154 Å². The second-order valence-corrected chi connectivity index (χ2v) is 14.3. The van der Waals surface area contributed by atoms with Crippen LogP contribution in [-0.4, -0.2) is 106 Å². The summed E-state index contributed by atoms with van der Waals surface area (Å²) in [6.07, 6.45) is 0.752. The van der Waals surface area contributed by atoms with Gasteiger partial charge in [0.2, 0.25) is 0 Å². The average Bonchev–Trinajstić information content (AvgIpc) is 2.97. The number of aliphatic hydroxyl groups excluding tert-OH is 2. The molecule has 0 amide bonds. The summed E-state index contributed by atoms with van der Waals surface area (Å²) in [5, 5.41) is 83.2. The Morgan fingerprint density at radius 1 is 0.778 bits per heavy atom. The molecule has 0 aromatic rings. The Morgan fingerprint density at radius 2 is 1.47 bits per heavy atom. The van der Waals surface area contributed by atoms with Gasteiger partial charge in [0.1, 0.15) is 28.5 Å². The van der Waals surface area contributed by atoms with E-state index in [0.717, 1.165) is 6.42 Å². The van der Waals surface area contributed by atoms with E-state index in [1.807, 2.05) is 6.92 Å². The molecule has 14 atom stereocenters. The number of aliphatic hydroxyl groups is 7. The highest BCUT2D eigenvalue weighted by Crippen LogP contribution is 2.78. The number of piperidine rings is 2. The Hall–Kier alpha value is -0.360. The molecule has 4 bridgehead atoms. The maximum Gasteiger partial charge on any atom is 0.196 e. The van der Waals surface area contributed by atoms with Gasteiger partial charge in [-0.3, -0.25) is 4.90 Å². The number of nitrogens with zero attached hydrogens (tertiary/aromatic N) is 1. The molecule has 0 radical (unpaired) electrons. The van der Waals surface area contributed by atoms with Gasteiger partial charge in [0.25, 0.3) is 0 Å². The van der Waals surface area contributed by atoms with Crippen LogP contribution in [0.3, 0.4) is 0 Å². The molecular formula is C27H43NO8. The van der Waals surface area contributed by atoms with Crippen LogP contribution in [0, 0.1) is 29.1 Å². The lowest BCUT2D eigenvalue weighted by Gasteiger charge is -2.68. The number of ether oxygens (including phenoxy) is 1. The number of hydrogen-bond donors (Lipinski definition) is 7. The number of rotatable bonds is 0. The maximum absolute atomic E-state index is 12.7. The molecule has 7 N–H and O–H groups in total. The minimum absolute atomic E-state index is 0.0208. The van der Waals surface area contributed by atoms with Crippen LogP contribution < -0.4 is 0 Å². The molecule has 9 nitrogen and oxygen atoms in total. The molecule has 36 heavy (non-hydrogen) atoms. The van der Waals surface area contributed by atoms with Crippen molar-refractivity contribution in [2.45, 2.75) is 124 Å². The normalized spacial score (nSPS) is 68.0. The van der Waals surface area contributed by atoms with Crippen molar-refractivity contribution >= 4 is 0 Å². The molecule has 7 aliphatic rings. The summed E-state index contributed by atoms with van der Waals surface area (Å²) in [5.74, 6) is -3.30. The predicted octanol–water partition coefficient (Wildman–Crippen LogP) is -0.526. The van der Waals surface area contributed by atoms with Gasteiger partial charge in [-0.05, 0) is 51.4 Å². The van der Waals surface area contributed by atoms with Crippen LogP contribution >= 0.6 is 0 Å². The van der Waals surface area contributed by atoms with Gasteiger partial charge in [-0.25, -0.2) is 0 Å². The molecule has 3 saturated heterocycles. The molecule has 1 spiro atoms. The minimum atomic E-state index is -2.02. The fourth-order valence-corrected chi connectivity index (χ4v) is 11.3. The zero-order valence-corrected chi connectivity index (χ0v) is 21.6. The Balaban J connectivity index is 1.39. The van der Waals surface area contributed by atoms with Crippen LogP contribution in [-0.2, 0) is 4.74 Å². The van der Waals surface area contributed by atoms with Crippen molar-refractivity contribution in [1.29, 1.82) is 0 Å². The van der Waals surface area contributed by atoms with Crippen molar-refractivity contribution in [3.05, 3.63) is 0 Å². The van der Waals surface area contributed by atoms with E-state index in [1.54, 1.807) is 6.92 Å². The third-order valence-corrected chi connectivity index (χ3v) is 13.1. The van der Waals surface area contributed by atoms with E-state index in [4.69, 9.17) is 4.74 Å². The second kappa shape index (κ2) is 6.67. The highest BCUT2D eigenvalue weighted by molar-refractivity contribution is 5.37. The standard InChI is InChI=1S/C27H43NO8/c1-14-4-7-18-22(3,31)26(34)17(12-28(18)11-14)24(33)13-25-16(23(24,32)10-20(26)30)6-5-15-21(25,2)9-8-19(29)27(15,35)36-25/h14-20,29-35H,4-13H2,1-3H3/t14-,15+,16+,17+,18+,19-,20-,21+,22-,23+,24+,25-,26-,27+/m1/s1. The van der Waals surface area contributed by atoms with Crippen molar-refractivity contribution in [2.75, 3.05) is 13.1 Å². The van der Waals surface area contributed by atoms with Gasteiger partial charge >= 0.3 is 0 Å². The molecule has 3 aliphatic heterocycles. The Bertz CT molecular complexity index is 995. The van der Waals surface area contributed by atoms with Gasteiger partial charge in [0, 0.05) is 55.1 Å². The summed E-state index contributed by atoms with van der Waals surface area (Å²) < 4.78 is 6.52. The van der Waals surface area contributed by atoms with Crippen molar-refractivity contribution < 1.29 is 40.5 Å². The highest BCUT2D eigenvalue weighted by atomic mass is 16.7. The fourth-order valence-electron chi connectivity index (χ4n) is 11.3. The summed E-state index contributed by atoms with van der Waals surface area (Å²) in [5.41, 5.74) is -9.07. The van der Waals surface area contributed by atoms with Gasteiger partial charge in [-0.15, -0.1) is 0 Å². The zero-order valence-electron chi connectivity index (χ0n) is 21.6. The first-order valence-corrected chi connectivity index (χ1v) is 14.0. The monoisotopic (exact) mass is 509 g/mol. The van der Waals surface area contributed by atoms with Crippen molar-refractivity contribution in [3.63, 3.8) is 0 Å². The lowest BCUT2D eigenvalue weighted by molar-refractivity contribution is -0.354. The lowest BCUT2D eigenvalue weighted by atomic mass is 9.49. The molecule has 204 valence electrons. The van der Waals surface area contributed by atoms with E-state index >= 15 is 0 Å². The highest BCUT2D eigenvalue weighted by Gasteiger charge is 2.88. The van der Waals surface area contributed by atoms with E-state index in [-0.39, 0.29) is 31.3 Å². The summed E-state index contributed by atoms with van der Waals surface area (Å²) >= 11 is 0. The second-order valence-electron chi connectivity index (χ2n) is 14.3. The third-order valence-electron chi connectivity index (χ3n) is 13.1. The first kappa shape index (κ1) is 24.7. The van der Waals surface area contributed by atoms with Crippen LogP contribution in [0.4, 0.5) is 0 Å². The largest absolute Gasteiger partial charge is 0.390 e. The van der Waals surface area contributed by atoms with Crippen molar-refractivity contribution in [2.24, 2.45) is 29.1 Å². The van der Waals surface area contributed by atoms with Crippen LogP contribution in [0.5, 0.6) is 0 Å². The molecular weight excluding hydrogens is 466 g/mol. The summed E-state index contributed by atoms with van der Waals surface area (Å²) in [7, 11) is 0. The van der Waals surface area contributed by atoms with Crippen LogP contribution in [0.15, 0.2) is 0 Å². The quantitative estimate of drug-likeness (QED) is 0.228. The third kappa shape index (κ3) is 2.27. The van der Waals surface area contributed by atoms with Crippen LogP contribution in [0.2, 0.25) is 0 Å². The summed E-state index contributed by atoms with van der Waals surface area (Å²) in [6.45, 7) is 6.70. The van der Waals surface area contributed by atoms with Gasteiger partial charge < -0.3 is 40.5 Å². The van der Waals surface area contributed by atoms with Gasteiger partial charge in [-0.1, -0.05) is 13.8 Å². The molecule has 0 unspecified atom stereocenters. The number of fused-ring (bicyclic) bond motifs is 5. The molecule has 9 heteroatoms. The lowest BCUT2D eigenvalue weighted by Crippen LogP contribution is -2.85. The van der Waals surface area contributed by atoms with E-state index in [2.05, 4.69) is 11.8 Å². The SMILES string of the molecule is C[C@@H]1CC[C@@H]2N(C1)C[C@@H]1[C@@](O)([C@H](O)C[C@]3(O)[C@@H]4CC[C@@H]5[C@]6(O)O[C@@]4(C[C@]13O)[C@@]5(C)CC[C@H]6O)[C@]2(C)O. The molecule has 0 aromatic carbocycles. The van der Waals surface area contributed by atoms with Gasteiger partial charge in [0.15, 0.2) is 5.79 Å². The maximum atomic E-state index is 12.7. The fraction of sp³-hybridized carbons (Fsp3) is 1.00. The van der Waals surface area contributed by atoms with E-state index in [9.17, 15) is 35.7 Å². The minimum Gasteiger partial charge on any atom is -0.390 e. The average molecular weight is 510 g/mol.